The Labute approximate surface area is 191 Å². The highest BCUT2D eigenvalue weighted by molar-refractivity contribution is 5.20. The molecule has 5 aliphatic carbocycles. The van der Waals surface area contributed by atoms with Gasteiger partial charge in [0.05, 0.1) is 6.61 Å². The van der Waals surface area contributed by atoms with Crippen LogP contribution in [0.3, 0.4) is 0 Å². The third kappa shape index (κ3) is 2.38. The van der Waals surface area contributed by atoms with Gasteiger partial charge in [-0.05, 0) is 116 Å². The fraction of sp³-hybridized carbons (Fsp3) is 1.00. The molecule has 1 heterocycles. The van der Waals surface area contributed by atoms with E-state index >= 15 is 0 Å². The average Bonchev–Trinajstić information content (AvgIpc) is 3.00. The minimum atomic E-state index is -0.890. The van der Waals surface area contributed by atoms with Crippen LogP contribution in [0.2, 0.25) is 0 Å². The number of hydrogen-bond acceptors (Lipinski definition) is 2. The van der Waals surface area contributed by atoms with Crippen molar-refractivity contribution in [2.75, 3.05) is 6.61 Å². The lowest BCUT2D eigenvalue weighted by Crippen LogP contribution is -2.68. The first-order valence-corrected chi connectivity index (χ1v) is 13.8. The zero-order chi connectivity index (χ0) is 22.1. The fourth-order valence-electron chi connectivity index (χ4n) is 12.3. The molecule has 0 radical (unpaired) electrons. The van der Waals surface area contributed by atoms with Crippen LogP contribution in [0.4, 0.5) is 0 Å². The van der Waals surface area contributed by atoms with Gasteiger partial charge >= 0.3 is 0 Å². The van der Waals surface area contributed by atoms with Gasteiger partial charge in [0.2, 0.25) is 0 Å². The van der Waals surface area contributed by atoms with E-state index < -0.39 is 5.79 Å². The summed E-state index contributed by atoms with van der Waals surface area (Å²) >= 11 is 0. The molecule has 31 heavy (non-hydrogen) atoms. The van der Waals surface area contributed by atoms with Gasteiger partial charge in [0.25, 0.3) is 0 Å². The average molecular weight is 429 g/mol. The van der Waals surface area contributed by atoms with E-state index in [1.165, 1.54) is 70.6 Å². The van der Waals surface area contributed by atoms with Crippen molar-refractivity contribution in [2.24, 2.45) is 56.7 Å². The largest absolute Gasteiger partial charge is 0.365 e. The maximum absolute atomic E-state index is 11.0. The summed E-state index contributed by atoms with van der Waals surface area (Å²) in [6.07, 6.45) is 15.3. The topological polar surface area (TPSA) is 29.5 Å². The zero-order valence-corrected chi connectivity index (χ0v) is 21.2. The minimum Gasteiger partial charge on any atom is -0.365 e. The predicted octanol–water partition coefficient (Wildman–Crippen LogP) is 7.20. The zero-order valence-electron chi connectivity index (χ0n) is 21.2. The molecule has 6 rings (SSSR count). The molecule has 0 aromatic carbocycles. The highest BCUT2D eigenvalue weighted by Crippen LogP contribution is 2.78. The molecule has 2 bridgehead atoms. The van der Waals surface area contributed by atoms with E-state index in [-0.39, 0.29) is 0 Å². The van der Waals surface area contributed by atoms with Gasteiger partial charge in [-0.15, -0.1) is 0 Å². The summed E-state index contributed by atoms with van der Waals surface area (Å²) in [5.41, 5.74) is 2.29. The Morgan fingerprint density at radius 1 is 0.645 bits per heavy atom. The molecule has 1 saturated heterocycles. The summed E-state index contributed by atoms with van der Waals surface area (Å²) in [4.78, 5) is 0. The Kier molecular flexibility index (Phi) is 4.24. The third-order valence-corrected chi connectivity index (χ3v) is 13.7. The number of aliphatic hydroxyl groups is 1. The molecule has 10 atom stereocenters. The maximum Gasteiger partial charge on any atom is 0.165 e. The summed E-state index contributed by atoms with van der Waals surface area (Å²) in [6, 6.07) is 0. The van der Waals surface area contributed by atoms with E-state index in [1.807, 2.05) is 6.92 Å². The van der Waals surface area contributed by atoms with Crippen molar-refractivity contribution >= 4 is 0 Å². The third-order valence-electron chi connectivity index (χ3n) is 13.7. The van der Waals surface area contributed by atoms with Gasteiger partial charge in [0, 0.05) is 11.3 Å². The van der Waals surface area contributed by atoms with Crippen LogP contribution in [-0.2, 0) is 4.74 Å². The number of ether oxygens (including phenoxy) is 1. The lowest BCUT2D eigenvalue weighted by atomic mass is 9.32. The highest BCUT2D eigenvalue weighted by Gasteiger charge is 2.73. The quantitative estimate of drug-likeness (QED) is 0.442. The van der Waals surface area contributed by atoms with E-state index in [4.69, 9.17) is 4.74 Å². The lowest BCUT2D eigenvalue weighted by Gasteiger charge is -2.73. The molecule has 0 aromatic rings. The maximum atomic E-state index is 11.0. The van der Waals surface area contributed by atoms with Crippen LogP contribution >= 0.6 is 0 Å². The number of rotatable bonds is 0. The summed E-state index contributed by atoms with van der Waals surface area (Å²) in [5, 5.41) is 11.0. The predicted molar refractivity (Wildman–Crippen MR) is 125 cm³/mol. The van der Waals surface area contributed by atoms with Crippen molar-refractivity contribution in [2.45, 2.75) is 118 Å². The van der Waals surface area contributed by atoms with Crippen LogP contribution < -0.4 is 0 Å². The molecule has 6 aliphatic rings. The van der Waals surface area contributed by atoms with Gasteiger partial charge in [-0.3, -0.25) is 0 Å². The molecular formula is C29H48O2. The van der Waals surface area contributed by atoms with E-state index in [9.17, 15) is 5.11 Å². The SMILES string of the molecule is CC1(C)CCC[C@@]2(C)[C@H]1CC[C@]1(C)[C@H]2CC[C@H]2[C@@]34CC[C@@H]([C@@H]3CC[C@]21C)[C@@](C)(O)OC4. The number of fused-ring (bicyclic) bond motifs is 5. The first kappa shape index (κ1) is 21.5. The monoisotopic (exact) mass is 428 g/mol. The number of hydrogen-bond donors (Lipinski definition) is 1. The molecule has 1 aliphatic heterocycles. The second kappa shape index (κ2) is 6.12. The Hall–Kier alpha value is -0.0800. The van der Waals surface area contributed by atoms with Gasteiger partial charge in [0.1, 0.15) is 0 Å². The molecule has 2 nitrogen and oxygen atoms in total. The van der Waals surface area contributed by atoms with E-state index in [0.29, 0.717) is 38.9 Å². The van der Waals surface area contributed by atoms with E-state index in [1.54, 1.807) is 0 Å². The molecule has 0 spiro atoms. The molecule has 0 aromatic heterocycles. The van der Waals surface area contributed by atoms with Crippen LogP contribution in [-0.4, -0.2) is 17.5 Å². The van der Waals surface area contributed by atoms with Crippen molar-refractivity contribution in [3.8, 4) is 0 Å². The Morgan fingerprint density at radius 2 is 1.29 bits per heavy atom. The van der Waals surface area contributed by atoms with Crippen molar-refractivity contribution in [3.63, 3.8) is 0 Å². The van der Waals surface area contributed by atoms with Gasteiger partial charge in [-0.1, -0.05) is 41.0 Å². The van der Waals surface area contributed by atoms with Crippen molar-refractivity contribution in [1.29, 1.82) is 0 Å². The molecule has 5 saturated carbocycles. The van der Waals surface area contributed by atoms with E-state index in [2.05, 4.69) is 34.6 Å². The van der Waals surface area contributed by atoms with Crippen LogP contribution in [0.25, 0.3) is 0 Å². The summed E-state index contributed by atoms with van der Waals surface area (Å²) < 4.78 is 6.26. The summed E-state index contributed by atoms with van der Waals surface area (Å²) in [6.45, 7) is 16.1. The molecule has 1 N–H and O–H groups in total. The second-order valence-corrected chi connectivity index (χ2v) is 14.8. The van der Waals surface area contributed by atoms with Crippen molar-refractivity contribution in [1.82, 2.24) is 0 Å². The molecule has 0 unspecified atom stereocenters. The smallest absolute Gasteiger partial charge is 0.165 e. The van der Waals surface area contributed by atoms with Gasteiger partial charge < -0.3 is 9.84 Å². The lowest BCUT2D eigenvalue weighted by molar-refractivity contribution is -0.316. The molecule has 2 heteroatoms. The molecule has 176 valence electrons. The van der Waals surface area contributed by atoms with Crippen molar-refractivity contribution in [3.05, 3.63) is 0 Å². The normalized spacial score (nSPS) is 62.2. The van der Waals surface area contributed by atoms with Crippen LogP contribution in [0.5, 0.6) is 0 Å². The van der Waals surface area contributed by atoms with E-state index in [0.717, 1.165) is 24.4 Å². The summed E-state index contributed by atoms with van der Waals surface area (Å²) in [5.74, 6) is 2.75. The molecule has 0 amide bonds. The first-order chi connectivity index (χ1) is 14.4. The Balaban J connectivity index is 1.39. The van der Waals surface area contributed by atoms with Crippen LogP contribution in [0.15, 0.2) is 0 Å². The minimum absolute atomic E-state index is 0.345. The Morgan fingerprint density at radius 3 is 2.06 bits per heavy atom. The molecular weight excluding hydrogens is 380 g/mol. The van der Waals surface area contributed by atoms with Gasteiger partial charge in [-0.2, -0.15) is 0 Å². The van der Waals surface area contributed by atoms with Crippen LogP contribution in [0.1, 0.15) is 112 Å². The van der Waals surface area contributed by atoms with Crippen LogP contribution in [0, 0.1) is 56.7 Å². The second-order valence-electron chi connectivity index (χ2n) is 14.8. The standard InChI is InChI=1S/C29H48O2/c1-24(2)13-7-14-25(3)21(24)12-16-26(4)22(25)8-9-23-27(26,5)15-10-20-19-11-17-29(20,23)18-31-28(19,6)30/h19-23,30H,7-18H2,1-6H3/t19-,20-,21-,22-,23+,25-,26+,27+,28-,29+/m0/s1. The first-order valence-electron chi connectivity index (χ1n) is 13.8. The van der Waals surface area contributed by atoms with Gasteiger partial charge in [0.15, 0.2) is 5.79 Å². The summed E-state index contributed by atoms with van der Waals surface area (Å²) in [7, 11) is 0. The van der Waals surface area contributed by atoms with Gasteiger partial charge in [-0.25, -0.2) is 0 Å². The Bertz CT molecular complexity index is 771. The highest BCUT2D eigenvalue weighted by atomic mass is 16.6. The van der Waals surface area contributed by atoms with Crippen molar-refractivity contribution < 1.29 is 9.84 Å². The fourth-order valence-corrected chi connectivity index (χ4v) is 12.3. The molecule has 6 fully saturated rings.